The molecule has 5 heteroatoms. The van der Waals surface area contributed by atoms with Crippen LogP contribution in [0.3, 0.4) is 0 Å². The van der Waals surface area contributed by atoms with Gasteiger partial charge in [-0.25, -0.2) is 0 Å². The summed E-state index contributed by atoms with van der Waals surface area (Å²) < 4.78 is 0. The molecule has 1 aromatic carbocycles. The first kappa shape index (κ1) is 20.3. The van der Waals surface area contributed by atoms with Gasteiger partial charge in [-0.15, -0.1) is 0 Å². The molecule has 2 rings (SSSR count). The number of para-hydroxylation sites is 1. The summed E-state index contributed by atoms with van der Waals surface area (Å²) in [5.41, 5.74) is 2.67. The van der Waals surface area contributed by atoms with E-state index in [9.17, 15) is 9.59 Å². The van der Waals surface area contributed by atoms with Crippen molar-refractivity contribution in [3.63, 3.8) is 0 Å². The second-order valence-electron chi connectivity index (χ2n) is 8.50. The maximum Gasteiger partial charge on any atom is 0.245 e. The van der Waals surface area contributed by atoms with Crippen LogP contribution in [0.4, 0.5) is 5.69 Å². The maximum atomic E-state index is 12.8. The second-order valence-corrected chi connectivity index (χ2v) is 8.50. The van der Waals surface area contributed by atoms with Gasteiger partial charge in [-0.3, -0.25) is 9.59 Å². The third-order valence-corrected chi connectivity index (χ3v) is 4.94. The van der Waals surface area contributed by atoms with E-state index < -0.39 is 6.04 Å². The zero-order chi connectivity index (χ0) is 19.5. The molecular weight excluding hydrogens is 326 g/mol. The first-order valence-corrected chi connectivity index (χ1v) is 9.51. The summed E-state index contributed by atoms with van der Waals surface area (Å²) in [5, 5.41) is 2.80. The van der Waals surface area contributed by atoms with Crippen LogP contribution in [0.15, 0.2) is 24.3 Å². The van der Waals surface area contributed by atoms with E-state index in [1.807, 2.05) is 18.7 Å². The van der Waals surface area contributed by atoms with Gasteiger partial charge in [0, 0.05) is 38.8 Å². The van der Waals surface area contributed by atoms with Crippen LogP contribution in [0.1, 0.15) is 47.1 Å². The predicted molar refractivity (Wildman–Crippen MR) is 106 cm³/mol. The fraction of sp³-hybridized carbons (Fsp3) is 0.619. The number of hydrogen-bond donors (Lipinski definition) is 1. The van der Waals surface area contributed by atoms with E-state index in [1.165, 1.54) is 18.2 Å². The lowest BCUT2D eigenvalue weighted by Gasteiger charge is -2.40. The fourth-order valence-electron chi connectivity index (χ4n) is 3.48. The van der Waals surface area contributed by atoms with Crippen molar-refractivity contribution >= 4 is 17.5 Å². The molecule has 0 spiro atoms. The lowest BCUT2D eigenvalue weighted by molar-refractivity contribution is -0.137. The Hall–Kier alpha value is -2.04. The van der Waals surface area contributed by atoms with Gasteiger partial charge in [-0.05, 0) is 23.0 Å². The Balaban J connectivity index is 2.08. The molecule has 0 aliphatic carbocycles. The number of nitrogens with one attached hydrogen (secondary N) is 1. The number of anilines is 1. The van der Waals surface area contributed by atoms with Crippen molar-refractivity contribution in [3.8, 4) is 0 Å². The zero-order valence-electron chi connectivity index (χ0n) is 17.0. The molecule has 0 saturated carbocycles. The maximum absolute atomic E-state index is 12.8. The van der Waals surface area contributed by atoms with Crippen molar-refractivity contribution in [2.45, 2.75) is 53.0 Å². The Morgan fingerprint density at radius 2 is 1.62 bits per heavy atom. The van der Waals surface area contributed by atoms with E-state index in [-0.39, 0.29) is 23.1 Å². The molecule has 5 nitrogen and oxygen atoms in total. The number of benzene rings is 1. The zero-order valence-corrected chi connectivity index (χ0v) is 17.0. The van der Waals surface area contributed by atoms with Gasteiger partial charge in [0.15, 0.2) is 0 Å². The molecule has 2 amide bonds. The van der Waals surface area contributed by atoms with Crippen LogP contribution in [-0.2, 0) is 15.0 Å². The van der Waals surface area contributed by atoms with Crippen LogP contribution in [0.25, 0.3) is 0 Å². The van der Waals surface area contributed by atoms with E-state index in [0.29, 0.717) is 13.1 Å². The summed E-state index contributed by atoms with van der Waals surface area (Å²) in [4.78, 5) is 28.5. The predicted octanol–water partition coefficient (Wildman–Crippen LogP) is 2.79. The van der Waals surface area contributed by atoms with Crippen LogP contribution < -0.4 is 10.2 Å². The third kappa shape index (κ3) is 4.77. The number of rotatable bonds is 4. The minimum absolute atomic E-state index is 0.0268. The standard InChI is InChI=1S/C21H33N3O2/c1-15(2)19(22-16(3)25)20(26)24-13-11-23(12-14-24)18-10-8-7-9-17(18)21(4,5)6/h7-10,15,19H,11-14H2,1-6H3,(H,22,25). The normalized spacial score (nSPS) is 16.6. The highest BCUT2D eigenvalue weighted by Gasteiger charge is 2.31. The van der Waals surface area contributed by atoms with Gasteiger partial charge < -0.3 is 15.1 Å². The Morgan fingerprint density at radius 1 is 1.04 bits per heavy atom. The highest BCUT2D eigenvalue weighted by atomic mass is 16.2. The molecule has 1 aliphatic rings. The first-order valence-electron chi connectivity index (χ1n) is 9.51. The van der Waals surface area contributed by atoms with Crippen LogP contribution >= 0.6 is 0 Å². The first-order chi connectivity index (χ1) is 12.1. The topological polar surface area (TPSA) is 52.7 Å². The quantitative estimate of drug-likeness (QED) is 0.899. The summed E-state index contributed by atoms with van der Waals surface area (Å²) in [6, 6.07) is 8.09. The molecule has 1 atom stereocenters. The van der Waals surface area contributed by atoms with Crippen LogP contribution in [-0.4, -0.2) is 48.9 Å². The number of piperazine rings is 1. The molecule has 1 N–H and O–H groups in total. The molecule has 144 valence electrons. The van der Waals surface area contributed by atoms with Gasteiger partial charge in [-0.1, -0.05) is 52.8 Å². The molecule has 1 unspecified atom stereocenters. The van der Waals surface area contributed by atoms with Crippen molar-refractivity contribution in [2.75, 3.05) is 31.1 Å². The highest BCUT2D eigenvalue weighted by molar-refractivity contribution is 5.87. The Bertz CT molecular complexity index is 641. The lowest BCUT2D eigenvalue weighted by atomic mass is 9.85. The van der Waals surface area contributed by atoms with E-state index in [1.54, 1.807) is 0 Å². The number of carbonyl (C=O) groups excluding carboxylic acids is 2. The summed E-state index contributed by atoms with van der Waals surface area (Å²) >= 11 is 0. The SMILES string of the molecule is CC(=O)NC(C(=O)N1CCN(c2ccccc2C(C)(C)C)CC1)C(C)C. The van der Waals surface area contributed by atoms with E-state index in [0.717, 1.165) is 13.1 Å². The van der Waals surface area contributed by atoms with Crippen LogP contribution in [0, 0.1) is 5.92 Å². The molecule has 26 heavy (non-hydrogen) atoms. The smallest absolute Gasteiger partial charge is 0.245 e. The average molecular weight is 360 g/mol. The van der Waals surface area contributed by atoms with Crippen molar-refractivity contribution in [1.82, 2.24) is 10.2 Å². The largest absolute Gasteiger partial charge is 0.368 e. The van der Waals surface area contributed by atoms with E-state index >= 15 is 0 Å². The minimum atomic E-state index is -0.444. The third-order valence-electron chi connectivity index (χ3n) is 4.94. The monoisotopic (exact) mass is 359 g/mol. The van der Waals surface area contributed by atoms with E-state index in [4.69, 9.17) is 0 Å². The number of carbonyl (C=O) groups is 2. The number of amides is 2. The van der Waals surface area contributed by atoms with Crippen molar-refractivity contribution in [2.24, 2.45) is 5.92 Å². The summed E-state index contributed by atoms with van der Waals surface area (Å²) in [5.74, 6) is -0.0557. The van der Waals surface area contributed by atoms with Gasteiger partial charge in [0.1, 0.15) is 6.04 Å². The van der Waals surface area contributed by atoms with Gasteiger partial charge in [-0.2, -0.15) is 0 Å². The van der Waals surface area contributed by atoms with Crippen molar-refractivity contribution < 1.29 is 9.59 Å². The van der Waals surface area contributed by atoms with Gasteiger partial charge in [0.2, 0.25) is 11.8 Å². The molecule has 1 saturated heterocycles. The van der Waals surface area contributed by atoms with E-state index in [2.05, 4.69) is 55.3 Å². The van der Waals surface area contributed by atoms with Gasteiger partial charge in [0.25, 0.3) is 0 Å². The van der Waals surface area contributed by atoms with Crippen LogP contribution in [0.5, 0.6) is 0 Å². The average Bonchev–Trinajstić information content (AvgIpc) is 2.58. The number of hydrogen-bond acceptors (Lipinski definition) is 3. The molecule has 1 fully saturated rings. The molecule has 0 aromatic heterocycles. The molecular formula is C21H33N3O2. The Labute approximate surface area is 157 Å². The molecule has 1 aromatic rings. The Kier molecular flexibility index (Phi) is 6.32. The van der Waals surface area contributed by atoms with Crippen molar-refractivity contribution in [3.05, 3.63) is 29.8 Å². The van der Waals surface area contributed by atoms with Gasteiger partial charge >= 0.3 is 0 Å². The lowest BCUT2D eigenvalue weighted by Crippen LogP contribution is -2.56. The van der Waals surface area contributed by atoms with Gasteiger partial charge in [0.05, 0.1) is 0 Å². The molecule has 1 aliphatic heterocycles. The molecule has 0 radical (unpaired) electrons. The summed E-state index contributed by atoms with van der Waals surface area (Å²) in [7, 11) is 0. The fourth-order valence-corrected chi connectivity index (χ4v) is 3.48. The highest BCUT2D eigenvalue weighted by Crippen LogP contribution is 2.32. The summed E-state index contributed by atoms with van der Waals surface area (Å²) in [6.45, 7) is 15.1. The van der Waals surface area contributed by atoms with Crippen LogP contribution in [0.2, 0.25) is 0 Å². The second kappa shape index (κ2) is 8.11. The Morgan fingerprint density at radius 3 is 2.12 bits per heavy atom. The molecule has 1 heterocycles. The number of nitrogens with zero attached hydrogens (tertiary/aromatic N) is 2. The van der Waals surface area contributed by atoms with Crippen molar-refractivity contribution in [1.29, 1.82) is 0 Å². The molecule has 0 bridgehead atoms. The minimum Gasteiger partial charge on any atom is -0.368 e. The summed E-state index contributed by atoms with van der Waals surface area (Å²) in [6.07, 6.45) is 0.